The Bertz CT molecular complexity index is 1410. The Kier molecular flexibility index (Phi) is 11.7. The molecular weight excluding hydrogens is 620 g/mol. The van der Waals surface area contributed by atoms with E-state index in [-0.39, 0.29) is 43.3 Å². The summed E-state index contributed by atoms with van der Waals surface area (Å²) in [5, 5.41) is 16.4. The maximum Gasteiger partial charge on any atom is 0.410 e. The maximum absolute atomic E-state index is 13.8. The van der Waals surface area contributed by atoms with Gasteiger partial charge in [-0.1, -0.05) is 24.3 Å². The van der Waals surface area contributed by atoms with Crippen molar-refractivity contribution < 1.29 is 29.0 Å². The van der Waals surface area contributed by atoms with Crippen molar-refractivity contribution in [1.82, 2.24) is 30.3 Å². The van der Waals surface area contributed by atoms with E-state index in [0.717, 1.165) is 21.7 Å². The van der Waals surface area contributed by atoms with Gasteiger partial charge in [-0.15, -0.1) is 11.3 Å². The molecule has 3 N–H and O–H groups in total. The second kappa shape index (κ2) is 15.1. The number of nitrogens with zero attached hydrogens (tertiary/aromatic N) is 4. The highest BCUT2D eigenvalue weighted by molar-refractivity contribution is 7.13. The summed E-state index contributed by atoms with van der Waals surface area (Å²) in [7, 11) is 0. The van der Waals surface area contributed by atoms with E-state index in [9.17, 15) is 24.3 Å². The molecule has 0 unspecified atom stereocenters. The van der Waals surface area contributed by atoms with Gasteiger partial charge in [0.05, 0.1) is 34.1 Å². The Balaban J connectivity index is 1.25. The van der Waals surface area contributed by atoms with Gasteiger partial charge in [-0.05, 0) is 66.0 Å². The first-order valence-electron chi connectivity index (χ1n) is 16.3. The van der Waals surface area contributed by atoms with E-state index in [1.54, 1.807) is 37.0 Å². The standard InChI is InChI=1S/C34H50N6O6S/c1-22-29(47-21-36-22)25-10-8-24(9-11-25)12-13-35-30(43)27-18-26(41)19-40(27)31(44)34(6,7)23(2)37-28(42)20-38-14-16-39(17-15-38)32(45)46-33(3,4)5/h8-11,21,23,26-27,41H,12-20H2,1-7H3,(H,35,43)(H,37,42)/t23-,26+,27-/m0/s1. The van der Waals surface area contributed by atoms with Crippen molar-refractivity contribution in [2.45, 2.75) is 85.1 Å². The molecule has 2 aliphatic heterocycles. The fourth-order valence-electron chi connectivity index (χ4n) is 5.78. The number of likely N-dealkylation sites (tertiary alicyclic amines) is 1. The van der Waals surface area contributed by atoms with E-state index >= 15 is 0 Å². The van der Waals surface area contributed by atoms with Crippen LogP contribution in [-0.2, 0) is 25.5 Å². The number of aliphatic hydroxyl groups is 1. The second-order valence-corrected chi connectivity index (χ2v) is 15.0. The molecule has 3 atom stereocenters. The maximum atomic E-state index is 13.8. The van der Waals surface area contributed by atoms with Crippen molar-refractivity contribution in [2.24, 2.45) is 5.41 Å². The lowest BCUT2D eigenvalue weighted by atomic mass is 9.83. The van der Waals surface area contributed by atoms with Crippen molar-refractivity contribution in [3.05, 3.63) is 41.0 Å². The Morgan fingerprint density at radius 2 is 1.72 bits per heavy atom. The lowest BCUT2D eigenvalue weighted by Crippen LogP contribution is -2.57. The molecule has 2 saturated heterocycles. The van der Waals surface area contributed by atoms with E-state index in [4.69, 9.17) is 4.74 Å². The Morgan fingerprint density at radius 3 is 2.32 bits per heavy atom. The molecule has 0 aliphatic carbocycles. The molecule has 0 bridgehead atoms. The number of aryl methyl sites for hydroxylation is 1. The van der Waals surface area contributed by atoms with Crippen LogP contribution >= 0.6 is 11.3 Å². The molecule has 258 valence electrons. The number of amides is 4. The third-order valence-electron chi connectivity index (χ3n) is 8.92. The predicted molar refractivity (Wildman–Crippen MR) is 181 cm³/mol. The molecule has 2 aromatic rings. The number of aliphatic hydroxyl groups excluding tert-OH is 1. The molecule has 2 fully saturated rings. The summed E-state index contributed by atoms with van der Waals surface area (Å²) in [5.74, 6) is -0.832. The van der Waals surface area contributed by atoms with Crippen LogP contribution in [0, 0.1) is 12.3 Å². The van der Waals surface area contributed by atoms with Crippen LogP contribution in [0.1, 0.15) is 59.2 Å². The van der Waals surface area contributed by atoms with Crippen LogP contribution in [0.4, 0.5) is 4.79 Å². The predicted octanol–water partition coefficient (Wildman–Crippen LogP) is 2.82. The van der Waals surface area contributed by atoms with Crippen molar-refractivity contribution >= 4 is 35.2 Å². The van der Waals surface area contributed by atoms with Crippen molar-refractivity contribution in [3.8, 4) is 10.4 Å². The number of carbonyl (C=O) groups excluding carboxylic acids is 4. The first kappa shape index (κ1) is 36.3. The monoisotopic (exact) mass is 670 g/mol. The summed E-state index contributed by atoms with van der Waals surface area (Å²) >= 11 is 1.60. The number of carbonyl (C=O) groups is 4. The van der Waals surface area contributed by atoms with Gasteiger partial charge in [0.15, 0.2) is 0 Å². The van der Waals surface area contributed by atoms with Crippen LogP contribution in [0.25, 0.3) is 10.4 Å². The lowest BCUT2D eigenvalue weighted by Gasteiger charge is -2.38. The first-order valence-corrected chi connectivity index (χ1v) is 17.2. The van der Waals surface area contributed by atoms with Crippen LogP contribution in [-0.4, -0.2) is 118 Å². The van der Waals surface area contributed by atoms with Crippen LogP contribution in [0.3, 0.4) is 0 Å². The van der Waals surface area contributed by atoms with Gasteiger partial charge in [0.1, 0.15) is 11.6 Å². The molecule has 3 heterocycles. The number of piperazine rings is 1. The van der Waals surface area contributed by atoms with Gasteiger partial charge < -0.3 is 30.3 Å². The Hall–Kier alpha value is -3.55. The molecule has 1 aromatic carbocycles. The SMILES string of the molecule is Cc1ncsc1-c1ccc(CCNC(=O)[C@@H]2C[C@@H](O)CN2C(=O)C(C)(C)[C@H](C)NC(=O)CN2CCN(C(=O)OC(C)(C)C)CC2)cc1. The van der Waals surface area contributed by atoms with Crippen molar-refractivity contribution in [2.75, 3.05) is 45.8 Å². The summed E-state index contributed by atoms with van der Waals surface area (Å²) in [6, 6.07) is 6.86. The zero-order chi connectivity index (χ0) is 34.5. The third kappa shape index (κ3) is 9.51. The average molecular weight is 671 g/mol. The molecule has 47 heavy (non-hydrogen) atoms. The number of thiazole rings is 1. The number of hydrogen-bond acceptors (Lipinski definition) is 9. The molecule has 4 rings (SSSR count). The average Bonchev–Trinajstić information content (AvgIpc) is 3.61. The number of β-amino-alcohol motifs (C(OH)–C–C–N with tert-alkyl or cyclic N) is 1. The molecule has 0 saturated carbocycles. The fraction of sp³-hybridized carbons (Fsp3) is 0.618. The fourth-order valence-corrected chi connectivity index (χ4v) is 6.59. The Morgan fingerprint density at radius 1 is 1.06 bits per heavy atom. The van der Waals surface area contributed by atoms with Crippen LogP contribution in [0.5, 0.6) is 0 Å². The van der Waals surface area contributed by atoms with Gasteiger partial charge in [-0.2, -0.15) is 0 Å². The number of aromatic nitrogens is 1. The van der Waals surface area contributed by atoms with E-state index in [1.165, 1.54) is 4.90 Å². The van der Waals surface area contributed by atoms with Crippen LogP contribution in [0.15, 0.2) is 29.8 Å². The van der Waals surface area contributed by atoms with Gasteiger partial charge in [0.2, 0.25) is 17.7 Å². The second-order valence-electron chi connectivity index (χ2n) is 14.1. The van der Waals surface area contributed by atoms with Crippen LogP contribution < -0.4 is 10.6 Å². The largest absolute Gasteiger partial charge is 0.444 e. The normalized spacial score (nSPS) is 19.7. The highest BCUT2D eigenvalue weighted by Gasteiger charge is 2.46. The van der Waals surface area contributed by atoms with Gasteiger partial charge in [0, 0.05) is 51.7 Å². The van der Waals surface area contributed by atoms with Crippen molar-refractivity contribution in [1.29, 1.82) is 0 Å². The topological polar surface area (TPSA) is 144 Å². The number of ether oxygens (including phenoxy) is 1. The number of rotatable bonds is 10. The summed E-state index contributed by atoms with van der Waals surface area (Å²) in [5.41, 5.74) is 3.41. The highest BCUT2D eigenvalue weighted by atomic mass is 32.1. The molecule has 2 aliphatic rings. The van der Waals surface area contributed by atoms with Crippen molar-refractivity contribution in [3.63, 3.8) is 0 Å². The zero-order valence-corrected chi connectivity index (χ0v) is 29.5. The summed E-state index contributed by atoms with van der Waals surface area (Å²) in [6.07, 6.45) is -0.381. The summed E-state index contributed by atoms with van der Waals surface area (Å²) in [4.78, 5) is 62.9. The minimum Gasteiger partial charge on any atom is -0.444 e. The highest BCUT2D eigenvalue weighted by Crippen LogP contribution is 2.30. The lowest BCUT2D eigenvalue weighted by molar-refractivity contribution is -0.147. The first-order chi connectivity index (χ1) is 22.0. The molecule has 12 nitrogen and oxygen atoms in total. The summed E-state index contributed by atoms with van der Waals surface area (Å²) in [6.45, 7) is 15.3. The van der Waals surface area contributed by atoms with E-state index in [1.807, 2.05) is 50.2 Å². The molecule has 0 radical (unpaired) electrons. The summed E-state index contributed by atoms with van der Waals surface area (Å²) < 4.78 is 5.44. The molecular formula is C34H50N6O6S. The minimum absolute atomic E-state index is 0.0569. The molecule has 0 spiro atoms. The Labute approximate surface area is 281 Å². The minimum atomic E-state index is -1.04. The molecule has 13 heteroatoms. The number of nitrogens with one attached hydrogen (secondary N) is 2. The third-order valence-corrected chi connectivity index (χ3v) is 9.90. The van der Waals surface area contributed by atoms with Gasteiger partial charge in [0.25, 0.3) is 0 Å². The van der Waals surface area contributed by atoms with Gasteiger partial charge >= 0.3 is 6.09 Å². The molecule has 4 amide bonds. The van der Waals surface area contributed by atoms with Crippen LogP contribution in [0.2, 0.25) is 0 Å². The van der Waals surface area contributed by atoms with E-state index in [0.29, 0.717) is 39.1 Å². The van der Waals surface area contributed by atoms with Gasteiger partial charge in [-0.25, -0.2) is 9.78 Å². The number of benzene rings is 1. The molecule has 1 aromatic heterocycles. The quantitative estimate of drug-likeness (QED) is 0.350. The van der Waals surface area contributed by atoms with E-state index < -0.39 is 29.2 Å². The van der Waals surface area contributed by atoms with E-state index in [2.05, 4.69) is 27.8 Å². The smallest absolute Gasteiger partial charge is 0.410 e. The zero-order valence-electron chi connectivity index (χ0n) is 28.7. The number of hydrogen-bond donors (Lipinski definition) is 3. The van der Waals surface area contributed by atoms with Gasteiger partial charge in [-0.3, -0.25) is 19.3 Å².